The molecule has 0 bridgehead atoms. The minimum Gasteiger partial charge on any atom is -0.368 e. The van der Waals surface area contributed by atoms with Crippen molar-refractivity contribution < 1.29 is 12.8 Å². The number of hydrogen-bond donors (Lipinski definition) is 0. The van der Waals surface area contributed by atoms with Crippen LogP contribution < -0.4 is 4.90 Å². The highest BCUT2D eigenvalue weighted by atomic mass is 35.5. The fraction of sp³-hybridized carbons (Fsp3) is 0.400. The van der Waals surface area contributed by atoms with Crippen LogP contribution in [-0.4, -0.2) is 46.0 Å². The molecule has 0 amide bonds. The number of halogens is 2. The van der Waals surface area contributed by atoms with Crippen LogP contribution in [0, 0.1) is 5.82 Å². The summed E-state index contributed by atoms with van der Waals surface area (Å²) in [4.78, 5) is 5.03. The molecule has 0 aliphatic carbocycles. The summed E-state index contributed by atoms with van der Waals surface area (Å²) in [6.45, 7) is 3.14. The van der Waals surface area contributed by atoms with Gasteiger partial charge < -0.3 is 9.80 Å². The van der Waals surface area contributed by atoms with Crippen molar-refractivity contribution in [2.75, 3.05) is 31.6 Å². The molecule has 1 fully saturated rings. The van der Waals surface area contributed by atoms with Crippen LogP contribution in [0.4, 0.5) is 10.1 Å². The zero-order valence-corrected chi connectivity index (χ0v) is 16.9. The number of nitrogens with zero attached hydrogens (tertiary/aromatic N) is 2. The van der Waals surface area contributed by atoms with E-state index < -0.39 is 15.7 Å². The summed E-state index contributed by atoms with van der Waals surface area (Å²) in [6, 6.07) is 11.1. The van der Waals surface area contributed by atoms with E-state index in [0.717, 1.165) is 56.2 Å². The van der Waals surface area contributed by atoms with Crippen molar-refractivity contribution in [2.45, 2.75) is 35.1 Å². The molecule has 27 heavy (non-hydrogen) atoms. The molecule has 0 radical (unpaired) electrons. The number of benzene rings is 2. The predicted molar refractivity (Wildman–Crippen MR) is 107 cm³/mol. The maximum absolute atomic E-state index is 13.4. The number of sulfone groups is 1. The Morgan fingerprint density at radius 2 is 1.70 bits per heavy atom. The Balaban J connectivity index is 0.00000210. The summed E-state index contributed by atoms with van der Waals surface area (Å²) in [5.74, 6) is -0.541. The Labute approximate surface area is 166 Å². The summed E-state index contributed by atoms with van der Waals surface area (Å²) in [7, 11) is -1.55. The molecular formula is C20H24ClFN2O2S. The summed E-state index contributed by atoms with van der Waals surface area (Å²) in [6.07, 6.45) is 3.13. The predicted octanol–water partition coefficient (Wildman–Crippen LogP) is 3.54. The second kappa shape index (κ2) is 7.78. The first kappa shape index (κ1) is 20.1. The van der Waals surface area contributed by atoms with Crippen LogP contribution in [0.5, 0.6) is 0 Å². The van der Waals surface area contributed by atoms with Crippen LogP contribution in [0.15, 0.2) is 52.3 Å². The van der Waals surface area contributed by atoms with Crippen LogP contribution in [0.2, 0.25) is 0 Å². The van der Waals surface area contributed by atoms with E-state index in [1.54, 1.807) is 12.1 Å². The Bertz CT molecular complexity index is 927. The van der Waals surface area contributed by atoms with Gasteiger partial charge in [-0.05, 0) is 81.4 Å². The number of hydrogen-bond acceptors (Lipinski definition) is 4. The van der Waals surface area contributed by atoms with Gasteiger partial charge in [0.25, 0.3) is 0 Å². The van der Waals surface area contributed by atoms with E-state index in [0.29, 0.717) is 6.04 Å². The number of fused-ring (bicyclic) bond motifs is 1. The Kier molecular flexibility index (Phi) is 5.79. The monoisotopic (exact) mass is 410 g/mol. The molecule has 4 rings (SSSR count). The maximum Gasteiger partial charge on any atom is 0.206 e. The number of rotatable bonds is 3. The van der Waals surface area contributed by atoms with E-state index in [9.17, 15) is 12.8 Å². The largest absolute Gasteiger partial charge is 0.368 e. The molecule has 2 aliphatic heterocycles. The highest BCUT2D eigenvalue weighted by Crippen LogP contribution is 2.35. The highest BCUT2D eigenvalue weighted by molar-refractivity contribution is 7.91. The number of piperidine rings is 1. The van der Waals surface area contributed by atoms with Gasteiger partial charge >= 0.3 is 0 Å². The fourth-order valence-corrected chi connectivity index (χ4v) is 5.37. The van der Waals surface area contributed by atoms with Crippen molar-refractivity contribution in [3.05, 3.63) is 53.8 Å². The van der Waals surface area contributed by atoms with Crippen LogP contribution in [0.3, 0.4) is 0 Å². The van der Waals surface area contributed by atoms with E-state index in [1.807, 2.05) is 6.07 Å². The molecule has 0 atom stereocenters. The molecular weight excluding hydrogens is 387 g/mol. The van der Waals surface area contributed by atoms with Crippen molar-refractivity contribution in [3.8, 4) is 0 Å². The second-order valence-corrected chi connectivity index (χ2v) is 9.18. The molecule has 7 heteroatoms. The smallest absolute Gasteiger partial charge is 0.206 e. The van der Waals surface area contributed by atoms with Crippen molar-refractivity contribution in [3.63, 3.8) is 0 Å². The average Bonchev–Trinajstić information content (AvgIpc) is 3.05. The van der Waals surface area contributed by atoms with Crippen LogP contribution >= 0.6 is 12.4 Å². The first-order valence-corrected chi connectivity index (χ1v) is 10.5. The average molecular weight is 411 g/mol. The molecule has 2 heterocycles. The summed E-state index contributed by atoms with van der Waals surface area (Å²) >= 11 is 0. The molecule has 0 spiro atoms. The molecule has 0 aromatic heterocycles. The molecule has 2 aliphatic rings. The van der Waals surface area contributed by atoms with Crippen LogP contribution in [-0.2, 0) is 16.3 Å². The topological polar surface area (TPSA) is 40.6 Å². The van der Waals surface area contributed by atoms with Gasteiger partial charge in [0.1, 0.15) is 5.82 Å². The first-order valence-electron chi connectivity index (χ1n) is 9.04. The van der Waals surface area contributed by atoms with Gasteiger partial charge in [-0.15, -0.1) is 12.4 Å². The van der Waals surface area contributed by atoms with E-state index in [-0.39, 0.29) is 22.2 Å². The van der Waals surface area contributed by atoms with E-state index >= 15 is 0 Å². The quantitative estimate of drug-likeness (QED) is 0.776. The van der Waals surface area contributed by atoms with E-state index in [1.165, 1.54) is 18.2 Å². The van der Waals surface area contributed by atoms with Gasteiger partial charge in [0.05, 0.1) is 9.79 Å². The Morgan fingerprint density at radius 3 is 2.41 bits per heavy atom. The minimum atomic E-state index is -3.70. The summed E-state index contributed by atoms with van der Waals surface area (Å²) < 4.78 is 39.1. The third-order valence-corrected chi connectivity index (χ3v) is 7.28. The van der Waals surface area contributed by atoms with Crippen molar-refractivity contribution >= 4 is 27.9 Å². The first-order chi connectivity index (χ1) is 12.4. The van der Waals surface area contributed by atoms with Gasteiger partial charge in [0, 0.05) is 18.3 Å². The lowest BCUT2D eigenvalue weighted by Crippen LogP contribution is -2.43. The standard InChI is InChI=1S/C20H23FN2O2S.ClH/c1-22-10-8-17(9-11-22)23-12-7-15-13-19(5-6-20(15)23)26(24,25)18-4-2-3-16(21)14-18;/h2-6,13-14,17H,7-12H2,1H3;1H. The van der Waals surface area contributed by atoms with Crippen LogP contribution in [0.25, 0.3) is 0 Å². The van der Waals surface area contributed by atoms with Gasteiger partial charge in [-0.2, -0.15) is 0 Å². The second-order valence-electron chi connectivity index (χ2n) is 7.23. The normalized spacial score (nSPS) is 18.2. The third kappa shape index (κ3) is 3.84. The summed E-state index contributed by atoms with van der Waals surface area (Å²) in [5.41, 5.74) is 2.22. The molecule has 0 N–H and O–H groups in total. The zero-order valence-electron chi connectivity index (χ0n) is 15.3. The molecule has 2 aromatic rings. The van der Waals surface area contributed by atoms with Crippen molar-refractivity contribution in [1.82, 2.24) is 4.90 Å². The zero-order chi connectivity index (χ0) is 18.3. The Morgan fingerprint density at radius 1 is 1.00 bits per heavy atom. The molecule has 2 aromatic carbocycles. The fourth-order valence-electron chi connectivity index (χ4n) is 4.03. The molecule has 1 saturated heterocycles. The Hall–Kier alpha value is -1.63. The van der Waals surface area contributed by atoms with Crippen molar-refractivity contribution in [2.24, 2.45) is 0 Å². The van der Waals surface area contributed by atoms with E-state index in [2.05, 4.69) is 16.8 Å². The molecule has 0 saturated carbocycles. The molecule has 0 unspecified atom stereocenters. The maximum atomic E-state index is 13.4. The number of anilines is 1. The summed E-state index contributed by atoms with van der Waals surface area (Å²) in [5, 5.41) is 0. The molecule has 146 valence electrons. The SMILES string of the molecule is CN1CCC(N2CCc3cc(S(=O)(=O)c4cccc(F)c4)ccc32)CC1.Cl. The van der Waals surface area contributed by atoms with Gasteiger partial charge in [0.2, 0.25) is 9.84 Å². The highest BCUT2D eigenvalue weighted by Gasteiger charge is 2.30. The van der Waals surface area contributed by atoms with Crippen molar-refractivity contribution in [1.29, 1.82) is 0 Å². The van der Waals surface area contributed by atoms with Gasteiger partial charge in [0.15, 0.2) is 0 Å². The van der Waals surface area contributed by atoms with Gasteiger partial charge in [-0.3, -0.25) is 0 Å². The van der Waals surface area contributed by atoms with Crippen LogP contribution in [0.1, 0.15) is 18.4 Å². The number of likely N-dealkylation sites (tertiary alicyclic amines) is 1. The van der Waals surface area contributed by atoms with Gasteiger partial charge in [-0.25, -0.2) is 12.8 Å². The lowest BCUT2D eigenvalue weighted by atomic mass is 10.0. The lowest BCUT2D eigenvalue weighted by Gasteiger charge is -2.36. The molecule has 4 nitrogen and oxygen atoms in total. The van der Waals surface area contributed by atoms with E-state index in [4.69, 9.17) is 0 Å². The minimum absolute atomic E-state index is 0. The third-order valence-electron chi connectivity index (χ3n) is 5.53. The lowest BCUT2D eigenvalue weighted by molar-refractivity contribution is 0.251. The van der Waals surface area contributed by atoms with Gasteiger partial charge in [-0.1, -0.05) is 6.07 Å².